The second kappa shape index (κ2) is 8.53. The molecule has 0 spiro atoms. The highest BCUT2D eigenvalue weighted by Gasteiger charge is 2.20. The molecule has 0 bridgehead atoms. The first-order valence-corrected chi connectivity index (χ1v) is 10.1. The molecule has 0 saturated carbocycles. The Balaban J connectivity index is 1.41. The molecule has 1 fully saturated rings. The standard InChI is InChI=1S/C24H27N3O2/c1-19-7-5-6-10-22(19)26-15-13-25(14-16-26)18-21-11-12-27(24(29)23(21)28)17-20-8-3-2-4-9-20/h2-12,28H,13-18H2,1H3. The average molecular weight is 389 g/mol. The summed E-state index contributed by atoms with van der Waals surface area (Å²) < 4.78 is 1.56. The number of aromatic nitrogens is 1. The molecule has 0 atom stereocenters. The number of hydrogen-bond acceptors (Lipinski definition) is 4. The second-order valence-electron chi connectivity index (χ2n) is 7.66. The van der Waals surface area contributed by atoms with Gasteiger partial charge in [-0.25, -0.2) is 0 Å². The predicted molar refractivity (Wildman–Crippen MR) is 117 cm³/mol. The minimum Gasteiger partial charge on any atom is -0.503 e. The summed E-state index contributed by atoms with van der Waals surface area (Å²) in [4.78, 5) is 17.3. The van der Waals surface area contributed by atoms with Crippen LogP contribution < -0.4 is 10.5 Å². The van der Waals surface area contributed by atoms with Crippen molar-refractivity contribution >= 4 is 5.69 Å². The fourth-order valence-electron chi connectivity index (χ4n) is 3.94. The van der Waals surface area contributed by atoms with Crippen LogP contribution in [0.25, 0.3) is 0 Å². The predicted octanol–water partition coefficient (Wildman–Crippen LogP) is 3.23. The summed E-state index contributed by atoms with van der Waals surface area (Å²) in [7, 11) is 0. The molecule has 0 radical (unpaired) electrons. The third kappa shape index (κ3) is 4.35. The Kier molecular flexibility index (Phi) is 5.67. The van der Waals surface area contributed by atoms with E-state index in [0.717, 1.165) is 31.7 Å². The zero-order chi connectivity index (χ0) is 20.2. The molecule has 1 aliphatic heterocycles. The van der Waals surface area contributed by atoms with Crippen molar-refractivity contribution in [3.63, 3.8) is 0 Å². The molecule has 150 valence electrons. The molecule has 0 unspecified atom stereocenters. The minimum atomic E-state index is -0.329. The van der Waals surface area contributed by atoms with Crippen LogP contribution in [0.5, 0.6) is 5.75 Å². The van der Waals surface area contributed by atoms with Gasteiger partial charge in [0.15, 0.2) is 5.75 Å². The van der Waals surface area contributed by atoms with Crippen LogP contribution in [0.1, 0.15) is 16.7 Å². The maximum atomic E-state index is 12.6. The summed E-state index contributed by atoms with van der Waals surface area (Å²) in [5.74, 6) is -0.134. The van der Waals surface area contributed by atoms with Crippen LogP contribution in [0.4, 0.5) is 5.69 Å². The Bertz CT molecular complexity index is 1020. The summed E-state index contributed by atoms with van der Waals surface area (Å²) in [6, 6.07) is 20.1. The Labute approximate surface area is 171 Å². The van der Waals surface area contributed by atoms with Crippen LogP contribution in [-0.2, 0) is 13.1 Å². The lowest BCUT2D eigenvalue weighted by atomic mass is 10.1. The zero-order valence-electron chi connectivity index (χ0n) is 16.8. The number of aromatic hydroxyl groups is 1. The summed E-state index contributed by atoms with van der Waals surface area (Å²) >= 11 is 0. The van der Waals surface area contributed by atoms with Gasteiger partial charge in [0.25, 0.3) is 5.56 Å². The van der Waals surface area contributed by atoms with Gasteiger partial charge in [-0.05, 0) is 30.2 Å². The van der Waals surface area contributed by atoms with Crippen LogP contribution in [0.15, 0.2) is 71.7 Å². The first-order valence-electron chi connectivity index (χ1n) is 10.1. The van der Waals surface area contributed by atoms with Crippen molar-refractivity contribution in [3.8, 4) is 5.75 Å². The Morgan fingerprint density at radius 1 is 0.862 bits per heavy atom. The molecule has 3 aromatic rings. The number of piperazine rings is 1. The van der Waals surface area contributed by atoms with E-state index >= 15 is 0 Å². The lowest BCUT2D eigenvalue weighted by Crippen LogP contribution is -2.46. The van der Waals surface area contributed by atoms with E-state index in [1.165, 1.54) is 11.3 Å². The Morgan fingerprint density at radius 2 is 1.55 bits per heavy atom. The highest BCUT2D eigenvalue weighted by Crippen LogP contribution is 2.22. The number of para-hydroxylation sites is 1. The van der Waals surface area contributed by atoms with Gasteiger partial charge < -0.3 is 14.6 Å². The van der Waals surface area contributed by atoms with Gasteiger partial charge in [-0.3, -0.25) is 9.69 Å². The van der Waals surface area contributed by atoms with Crippen molar-refractivity contribution in [2.24, 2.45) is 0 Å². The maximum absolute atomic E-state index is 12.6. The van der Waals surface area contributed by atoms with E-state index < -0.39 is 0 Å². The monoisotopic (exact) mass is 389 g/mol. The number of pyridine rings is 1. The molecule has 1 saturated heterocycles. The van der Waals surface area contributed by atoms with Crippen LogP contribution >= 0.6 is 0 Å². The van der Waals surface area contributed by atoms with E-state index in [1.807, 2.05) is 36.4 Å². The fourth-order valence-corrected chi connectivity index (χ4v) is 3.94. The lowest BCUT2D eigenvalue weighted by Gasteiger charge is -2.36. The molecule has 1 aliphatic rings. The van der Waals surface area contributed by atoms with Crippen LogP contribution in [-0.4, -0.2) is 40.8 Å². The van der Waals surface area contributed by atoms with Gasteiger partial charge in [0.2, 0.25) is 0 Å². The lowest BCUT2D eigenvalue weighted by molar-refractivity contribution is 0.246. The molecular weight excluding hydrogens is 362 g/mol. The second-order valence-corrected chi connectivity index (χ2v) is 7.66. The van der Waals surface area contributed by atoms with Crippen molar-refractivity contribution in [2.45, 2.75) is 20.0 Å². The summed E-state index contributed by atoms with van der Waals surface area (Å²) in [5.41, 5.74) is 3.99. The molecule has 1 aromatic heterocycles. The van der Waals surface area contributed by atoms with Gasteiger partial charge in [0.05, 0.1) is 6.54 Å². The molecular formula is C24H27N3O2. The largest absolute Gasteiger partial charge is 0.503 e. The molecule has 5 heteroatoms. The number of hydrogen-bond donors (Lipinski definition) is 1. The van der Waals surface area contributed by atoms with E-state index in [9.17, 15) is 9.90 Å². The van der Waals surface area contributed by atoms with Gasteiger partial charge in [-0.1, -0.05) is 48.5 Å². The molecule has 2 aromatic carbocycles. The van der Waals surface area contributed by atoms with Gasteiger partial charge in [0.1, 0.15) is 0 Å². The molecule has 0 amide bonds. The third-order valence-electron chi connectivity index (χ3n) is 5.64. The Hall–Kier alpha value is -3.05. The van der Waals surface area contributed by atoms with E-state index in [4.69, 9.17) is 0 Å². The van der Waals surface area contributed by atoms with Crippen LogP contribution in [0.3, 0.4) is 0 Å². The van der Waals surface area contributed by atoms with Gasteiger partial charge >= 0.3 is 0 Å². The van der Waals surface area contributed by atoms with Crippen molar-refractivity contribution in [1.29, 1.82) is 0 Å². The smallest absolute Gasteiger partial charge is 0.293 e. The maximum Gasteiger partial charge on any atom is 0.293 e. The van der Waals surface area contributed by atoms with Crippen LogP contribution in [0.2, 0.25) is 0 Å². The zero-order valence-corrected chi connectivity index (χ0v) is 16.8. The first kappa shape index (κ1) is 19.3. The summed E-state index contributed by atoms with van der Waals surface area (Å²) in [6.45, 7) is 6.89. The Morgan fingerprint density at radius 3 is 2.28 bits per heavy atom. The fraction of sp³-hybridized carbons (Fsp3) is 0.292. The molecule has 2 heterocycles. The SMILES string of the molecule is Cc1ccccc1N1CCN(Cc2ccn(Cc3ccccc3)c(=O)c2O)CC1. The van der Waals surface area contributed by atoms with Gasteiger partial charge in [0, 0.05) is 50.2 Å². The number of anilines is 1. The molecule has 29 heavy (non-hydrogen) atoms. The number of benzene rings is 2. The highest BCUT2D eigenvalue weighted by atomic mass is 16.3. The van der Waals surface area contributed by atoms with E-state index in [-0.39, 0.29) is 11.3 Å². The molecule has 1 N–H and O–H groups in total. The molecule has 5 nitrogen and oxygen atoms in total. The third-order valence-corrected chi connectivity index (χ3v) is 5.64. The van der Waals surface area contributed by atoms with E-state index in [1.54, 1.807) is 10.8 Å². The average Bonchev–Trinajstić information content (AvgIpc) is 2.75. The number of aryl methyl sites for hydroxylation is 1. The number of rotatable bonds is 5. The van der Waals surface area contributed by atoms with E-state index in [2.05, 4.69) is 41.0 Å². The number of nitrogens with zero attached hydrogens (tertiary/aromatic N) is 3. The van der Waals surface area contributed by atoms with Gasteiger partial charge in [-0.2, -0.15) is 0 Å². The quantitative estimate of drug-likeness (QED) is 0.728. The van der Waals surface area contributed by atoms with Crippen LogP contribution in [0, 0.1) is 6.92 Å². The molecule has 0 aliphatic carbocycles. The molecule has 4 rings (SSSR count). The topological polar surface area (TPSA) is 48.7 Å². The van der Waals surface area contributed by atoms with Crippen molar-refractivity contribution in [3.05, 3.63) is 93.9 Å². The minimum absolute atomic E-state index is 0.134. The normalized spacial score (nSPS) is 14.9. The van der Waals surface area contributed by atoms with Gasteiger partial charge in [-0.15, -0.1) is 0 Å². The van der Waals surface area contributed by atoms with Crippen molar-refractivity contribution < 1.29 is 5.11 Å². The van der Waals surface area contributed by atoms with Crippen molar-refractivity contribution in [1.82, 2.24) is 9.47 Å². The summed E-state index contributed by atoms with van der Waals surface area (Å²) in [6.07, 6.45) is 1.79. The van der Waals surface area contributed by atoms with E-state index in [0.29, 0.717) is 18.7 Å². The summed E-state index contributed by atoms with van der Waals surface area (Å²) in [5, 5.41) is 10.5. The first-order chi connectivity index (χ1) is 14.1. The van der Waals surface area contributed by atoms with Crippen molar-refractivity contribution in [2.75, 3.05) is 31.1 Å². The highest BCUT2D eigenvalue weighted by molar-refractivity contribution is 5.53.